The van der Waals surface area contributed by atoms with Gasteiger partial charge in [0.1, 0.15) is 16.0 Å². The van der Waals surface area contributed by atoms with Crippen LogP contribution in [0.25, 0.3) is 11.1 Å². The van der Waals surface area contributed by atoms with Gasteiger partial charge in [0.25, 0.3) is 5.91 Å². The maximum Gasteiger partial charge on any atom is 0.256 e. The van der Waals surface area contributed by atoms with Gasteiger partial charge in [-0.3, -0.25) is 4.79 Å². The van der Waals surface area contributed by atoms with E-state index in [0.29, 0.717) is 21.5 Å². The van der Waals surface area contributed by atoms with E-state index in [2.05, 4.69) is 10.3 Å². The van der Waals surface area contributed by atoms with Crippen LogP contribution in [0.1, 0.15) is 21.5 Å². The summed E-state index contributed by atoms with van der Waals surface area (Å²) in [6.45, 7) is 3.95. The number of benzene rings is 1. The quantitative estimate of drug-likeness (QED) is 0.699. The van der Waals surface area contributed by atoms with Gasteiger partial charge in [-0.2, -0.15) is 0 Å². The number of nitrogens with one attached hydrogen (secondary N) is 1. The molecule has 1 amide bonds. The van der Waals surface area contributed by atoms with Crippen LogP contribution in [-0.4, -0.2) is 10.9 Å². The van der Waals surface area contributed by atoms with Gasteiger partial charge < -0.3 is 11.1 Å². The zero-order valence-electron chi connectivity index (χ0n) is 13.3. The molecule has 0 saturated carbocycles. The fourth-order valence-corrected chi connectivity index (χ4v) is 3.55. The topological polar surface area (TPSA) is 68.0 Å². The Morgan fingerprint density at radius 3 is 2.46 bits per heavy atom. The molecule has 3 N–H and O–H groups in total. The Morgan fingerprint density at radius 1 is 1.17 bits per heavy atom. The van der Waals surface area contributed by atoms with Crippen LogP contribution in [0.5, 0.6) is 0 Å². The van der Waals surface area contributed by atoms with Crippen LogP contribution in [0.3, 0.4) is 0 Å². The summed E-state index contributed by atoms with van der Waals surface area (Å²) in [6, 6.07) is 10.9. The van der Waals surface area contributed by atoms with Gasteiger partial charge in [-0.1, -0.05) is 29.3 Å². The Labute approximate surface area is 149 Å². The molecule has 2 heterocycles. The second kappa shape index (κ2) is 6.63. The molecule has 0 radical (unpaired) electrons. The second-order valence-electron chi connectivity index (χ2n) is 5.52. The number of anilines is 2. The first kappa shape index (κ1) is 16.5. The third-order valence-corrected chi connectivity index (χ3v) is 5.02. The molecule has 2 aromatic heterocycles. The summed E-state index contributed by atoms with van der Waals surface area (Å²) in [6.07, 6.45) is 0. The molecule has 0 fully saturated rings. The number of aryl methyl sites for hydroxylation is 2. The number of pyridine rings is 1. The number of carbonyl (C=O) groups is 1. The van der Waals surface area contributed by atoms with Crippen molar-refractivity contribution in [1.82, 2.24) is 4.98 Å². The highest BCUT2D eigenvalue weighted by atomic mass is 35.5. The molecule has 0 saturated heterocycles. The van der Waals surface area contributed by atoms with Gasteiger partial charge >= 0.3 is 0 Å². The number of rotatable bonds is 3. The van der Waals surface area contributed by atoms with Gasteiger partial charge in [0.2, 0.25) is 0 Å². The molecule has 1 aromatic carbocycles. The molecule has 0 aliphatic heterocycles. The highest BCUT2D eigenvalue weighted by molar-refractivity contribution is 7.15. The minimum Gasteiger partial charge on any atom is -0.383 e. The van der Waals surface area contributed by atoms with E-state index >= 15 is 0 Å². The SMILES string of the molecule is Cc1ccc(C(=O)Nc2ccc(-c3c(C)csc3Cl)c(N)n2)cc1. The number of nitrogens with two attached hydrogens (primary N) is 1. The van der Waals surface area contributed by atoms with Crippen molar-refractivity contribution in [1.29, 1.82) is 0 Å². The van der Waals surface area contributed by atoms with Crippen LogP contribution < -0.4 is 11.1 Å². The van der Waals surface area contributed by atoms with E-state index in [-0.39, 0.29) is 5.91 Å². The van der Waals surface area contributed by atoms with Crippen molar-refractivity contribution < 1.29 is 4.79 Å². The van der Waals surface area contributed by atoms with Gasteiger partial charge in [-0.05, 0) is 49.1 Å². The lowest BCUT2D eigenvalue weighted by molar-refractivity contribution is 0.102. The molecule has 24 heavy (non-hydrogen) atoms. The average Bonchev–Trinajstić information content (AvgIpc) is 2.87. The summed E-state index contributed by atoms with van der Waals surface area (Å²) in [4.78, 5) is 16.5. The van der Waals surface area contributed by atoms with Gasteiger partial charge in [0.15, 0.2) is 0 Å². The monoisotopic (exact) mass is 357 g/mol. The minimum absolute atomic E-state index is 0.223. The van der Waals surface area contributed by atoms with Crippen LogP contribution in [-0.2, 0) is 0 Å². The van der Waals surface area contributed by atoms with Crippen molar-refractivity contribution >= 4 is 40.5 Å². The van der Waals surface area contributed by atoms with Crippen LogP contribution in [0.4, 0.5) is 11.6 Å². The molecule has 0 spiro atoms. The summed E-state index contributed by atoms with van der Waals surface area (Å²) in [5, 5.41) is 4.74. The van der Waals surface area contributed by atoms with E-state index in [1.54, 1.807) is 18.2 Å². The molecule has 4 nitrogen and oxygen atoms in total. The van der Waals surface area contributed by atoms with Gasteiger partial charge in [-0.15, -0.1) is 11.3 Å². The highest BCUT2D eigenvalue weighted by Crippen LogP contribution is 2.38. The maximum absolute atomic E-state index is 12.2. The second-order valence-corrected chi connectivity index (χ2v) is 7.00. The molecule has 3 aromatic rings. The number of hydrogen-bond donors (Lipinski definition) is 2. The summed E-state index contributed by atoms with van der Waals surface area (Å²) in [7, 11) is 0. The lowest BCUT2D eigenvalue weighted by Crippen LogP contribution is -2.13. The van der Waals surface area contributed by atoms with E-state index in [4.69, 9.17) is 17.3 Å². The van der Waals surface area contributed by atoms with Crippen molar-refractivity contribution in [3.8, 4) is 11.1 Å². The molecule has 0 aliphatic rings. The van der Waals surface area contributed by atoms with Crippen LogP contribution in [0.2, 0.25) is 4.34 Å². The maximum atomic E-state index is 12.2. The number of amides is 1. The lowest BCUT2D eigenvalue weighted by atomic mass is 10.1. The predicted octanol–water partition coefficient (Wildman–Crippen LogP) is 4.91. The van der Waals surface area contributed by atoms with Crippen LogP contribution in [0.15, 0.2) is 41.8 Å². The lowest BCUT2D eigenvalue weighted by Gasteiger charge is -2.09. The summed E-state index contributed by atoms with van der Waals surface area (Å²) in [5.74, 6) is 0.519. The Bertz CT molecular complexity index is 884. The molecule has 3 rings (SSSR count). The van der Waals surface area contributed by atoms with E-state index in [1.807, 2.05) is 37.4 Å². The van der Waals surface area contributed by atoms with Crippen molar-refractivity contribution in [3.05, 3.63) is 62.8 Å². The molecule has 0 atom stereocenters. The largest absolute Gasteiger partial charge is 0.383 e. The number of halogens is 1. The molecular weight excluding hydrogens is 342 g/mol. The standard InChI is InChI=1S/C18H16ClN3OS/c1-10-3-5-12(6-4-10)18(23)22-14-8-7-13(17(20)21-14)15-11(2)9-24-16(15)19/h3-9H,1-2H3,(H3,20,21,22,23). The highest BCUT2D eigenvalue weighted by Gasteiger charge is 2.14. The number of carbonyl (C=O) groups excluding carboxylic acids is 1. The van der Waals surface area contributed by atoms with E-state index in [1.165, 1.54) is 11.3 Å². The molecular formula is C18H16ClN3OS. The Hall–Kier alpha value is -2.37. The molecule has 0 bridgehead atoms. The molecule has 122 valence electrons. The van der Waals surface area contributed by atoms with Gasteiger partial charge in [-0.25, -0.2) is 4.98 Å². The number of nitrogen functional groups attached to an aromatic ring is 1. The van der Waals surface area contributed by atoms with Crippen molar-refractivity contribution in [3.63, 3.8) is 0 Å². The molecule has 0 aliphatic carbocycles. The first-order valence-corrected chi connectivity index (χ1v) is 8.60. The fraction of sp³-hybridized carbons (Fsp3) is 0.111. The van der Waals surface area contributed by atoms with Crippen LogP contribution >= 0.6 is 22.9 Å². The smallest absolute Gasteiger partial charge is 0.256 e. The first-order valence-electron chi connectivity index (χ1n) is 7.34. The van der Waals surface area contributed by atoms with Crippen molar-refractivity contribution in [2.24, 2.45) is 0 Å². The molecule has 6 heteroatoms. The van der Waals surface area contributed by atoms with Gasteiger partial charge in [0.05, 0.1) is 0 Å². The van der Waals surface area contributed by atoms with Crippen molar-refractivity contribution in [2.75, 3.05) is 11.1 Å². The summed E-state index contributed by atoms with van der Waals surface area (Å²) < 4.78 is 0.678. The van der Waals surface area contributed by atoms with Crippen molar-refractivity contribution in [2.45, 2.75) is 13.8 Å². The number of hydrogen-bond acceptors (Lipinski definition) is 4. The normalized spacial score (nSPS) is 10.6. The van der Waals surface area contributed by atoms with Crippen LogP contribution in [0, 0.1) is 13.8 Å². The Kier molecular flexibility index (Phi) is 4.55. The number of thiophene rings is 1. The summed E-state index contributed by atoms with van der Waals surface area (Å²) in [5.41, 5.74) is 10.5. The van der Waals surface area contributed by atoms with E-state index in [9.17, 15) is 4.79 Å². The average molecular weight is 358 g/mol. The number of nitrogens with zero attached hydrogens (tertiary/aromatic N) is 1. The fourth-order valence-electron chi connectivity index (χ4n) is 2.38. The third-order valence-electron chi connectivity index (χ3n) is 3.68. The Balaban J connectivity index is 1.85. The number of aromatic nitrogens is 1. The summed E-state index contributed by atoms with van der Waals surface area (Å²) >= 11 is 7.69. The zero-order valence-corrected chi connectivity index (χ0v) is 14.8. The van der Waals surface area contributed by atoms with E-state index in [0.717, 1.165) is 22.3 Å². The molecule has 0 unspecified atom stereocenters. The third kappa shape index (κ3) is 3.27. The first-order chi connectivity index (χ1) is 11.5. The van der Waals surface area contributed by atoms with E-state index < -0.39 is 0 Å². The van der Waals surface area contributed by atoms with Gasteiger partial charge in [0, 0.05) is 16.7 Å². The predicted molar refractivity (Wildman–Crippen MR) is 101 cm³/mol. The zero-order chi connectivity index (χ0) is 17.3. The Morgan fingerprint density at radius 2 is 1.88 bits per heavy atom. The minimum atomic E-state index is -0.223.